The Labute approximate surface area is 169 Å². The molecule has 2 aromatic rings. The first kappa shape index (κ1) is 19.6. The fourth-order valence-corrected chi connectivity index (χ4v) is 4.97. The summed E-state index contributed by atoms with van der Waals surface area (Å²) < 4.78 is 6.17. The van der Waals surface area contributed by atoms with Crippen LogP contribution < -0.4 is 0 Å². The Hall–Kier alpha value is -1.68. The second-order valence-electron chi connectivity index (χ2n) is 9.67. The predicted octanol–water partition coefficient (Wildman–Crippen LogP) is 5.97. The molecular formula is C25H33NO2. The van der Waals surface area contributed by atoms with Crippen molar-refractivity contribution in [3.05, 3.63) is 71.8 Å². The monoisotopic (exact) mass is 379 g/mol. The van der Waals surface area contributed by atoms with Crippen molar-refractivity contribution in [2.45, 2.75) is 64.3 Å². The molecule has 2 aliphatic rings. The summed E-state index contributed by atoms with van der Waals surface area (Å²) in [6, 6.07) is 21.4. The van der Waals surface area contributed by atoms with E-state index in [2.05, 4.69) is 93.4 Å². The third-order valence-electron chi connectivity index (χ3n) is 7.01. The van der Waals surface area contributed by atoms with E-state index in [4.69, 9.17) is 9.57 Å². The van der Waals surface area contributed by atoms with Gasteiger partial charge in [0.15, 0.2) is 5.72 Å². The highest BCUT2D eigenvalue weighted by Crippen LogP contribution is 2.61. The summed E-state index contributed by atoms with van der Waals surface area (Å²) in [6.07, 6.45) is 3.17. The zero-order chi connectivity index (χ0) is 20.0. The van der Waals surface area contributed by atoms with Crippen LogP contribution in [0, 0.1) is 11.3 Å². The van der Waals surface area contributed by atoms with E-state index in [-0.39, 0.29) is 22.8 Å². The SMILES string of the molecule is CO[C@@]1(C)C[C@@H](C(C)(C)C)CC[C@]12ON2C(c1ccccc1)c1ccccc1. The zero-order valence-electron chi connectivity index (χ0n) is 17.8. The average molecular weight is 380 g/mol. The smallest absolute Gasteiger partial charge is 0.194 e. The number of methoxy groups -OCH3 is 1. The molecule has 0 bridgehead atoms. The maximum Gasteiger partial charge on any atom is 0.194 e. The van der Waals surface area contributed by atoms with Crippen molar-refractivity contribution in [1.29, 1.82) is 0 Å². The number of hydroxylamine groups is 2. The van der Waals surface area contributed by atoms with E-state index < -0.39 is 0 Å². The standard InChI is InChI=1S/C25H33NO2/c1-23(2,3)21-16-17-25(24(4,18-21)27-5)26(28-25)22(19-12-8-6-9-13-19)20-14-10-7-11-15-20/h6-15,21-22H,16-18H2,1-5H3/t21-,24-,25-,26?/m0/s1. The molecule has 4 rings (SSSR count). The van der Waals surface area contributed by atoms with Gasteiger partial charge < -0.3 is 4.74 Å². The summed E-state index contributed by atoms with van der Waals surface area (Å²) in [5.74, 6) is 0.626. The van der Waals surface area contributed by atoms with Crippen LogP contribution in [0.4, 0.5) is 0 Å². The molecule has 1 aliphatic carbocycles. The Kier molecular flexibility index (Phi) is 4.89. The maximum absolute atomic E-state index is 6.49. The van der Waals surface area contributed by atoms with E-state index in [1.54, 1.807) is 0 Å². The van der Waals surface area contributed by atoms with Crippen molar-refractivity contribution in [2.75, 3.05) is 7.11 Å². The van der Waals surface area contributed by atoms with Crippen LogP contribution in [0.5, 0.6) is 0 Å². The van der Waals surface area contributed by atoms with Crippen molar-refractivity contribution >= 4 is 0 Å². The Bertz CT molecular complexity index is 761. The summed E-state index contributed by atoms with van der Waals surface area (Å²) in [5, 5.41) is 2.21. The van der Waals surface area contributed by atoms with Crippen LogP contribution in [0.15, 0.2) is 60.7 Å². The molecule has 150 valence electrons. The average Bonchev–Trinajstić information content (AvgIpc) is 3.40. The van der Waals surface area contributed by atoms with Crippen molar-refractivity contribution in [3.63, 3.8) is 0 Å². The van der Waals surface area contributed by atoms with Crippen LogP contribution in [0.1, 0.15) is 64.1 Å². The molecular weight excluding hydrogens is 346 g/mol. The number of hydrogen-bond donors (Lipinski definition) is 0. The lowest BCUT2D eigenvalue weighted by atomic mass is 9.65. The first-order chi connectivity index (χ1) is 13.3. The molecule has 1 spiro atoms. The number of benzene rings is 2. The molecule has 0 radical (unpaired) electrons. The molecule has 0 N–H and O–H groups in total. The van der Waals surface area contributed by atoms with E-state index in [1.807, 2.05) is 7.11 Å². The van der Waals surface area contributed by atoms with Gasteiger partial charge in [-0.1, -0.05) is 81.4 Å². The molecule has 3 heteroatoms. The molecule has 1 unspecified atom stereocenters. The van der Waals surface area contributed by atoms with Crippen LogP contribution in [0.25, 0.3) is 0 Å². The summed E-state index contributed by atoms with van der Waals surface area (Å²) >= 11 is 0. The Morgan fingerprint density at radius 3 is 2.00 bits per heavy atom. The Morgan fingerprint density at radius 1 is 1.00 bits per heavy atom. The van der Waals surface area contributed by atoms with Gasteiger partial charge in [-0.05, 0) is 48.6 Å². The summed E-state index contributed by atoms with van der Waals surface area (Å²) in [4.78, 5) is 6.49. The zero-order valence-corrected chi connectivity index (χ0v) is 17.8. The maximum atomic E-state index is 6.49. The second-order valence-corrected chi connectivity index (χ2v) is 9.67. The molecule has 28 heavy (non-hydrogen) atoms. The first-order valence-corrected chi connectivity index (χ1v) is 10.4. The number of hydrogen-bond acceptors (Lipinski definition) is 3. The van der Waals surface area contributed by atoms with Crippen LogP contribution in [0.2, 0.25) is 0 Å². The van der Waals surface area contributed by atoms with Gasteiger partial charge >= 0.3 is 0 Å². The Balaban J connectivity index is 1.69. The quantitative estimate of drug-likeness (QED) is 0.612. The lowest BCUT2D eigenvalue weighted by Gasteiger charge is -2.46. The molecule has 1 heterocycles. The largest absolute Gasteiger partial charge is 0.374 e. The van der Waals surface area contributed by atoms with Crippen LogP contribution >= 0.6 is 0 Å². The minimum absolute atomic E-state index is 0.0723. The van der Waals surface area contributed by atoms with Gasteiger partial charge in [0.25, 0.3) is 0 Å². The highest BCUT2D eigenvalue weighted by molar-refractivity contribution is 5.33. The highest BCUT2D eigenvalue weighted by atomic mass is 16.9. The molecule has 1 aliphatic heterocycles. The number of ether oxygens (including phenoxy) is 1. The van der Waals surface area contributed by atoms with Gasteiger partial charge in [0, 0.05) is 7.11 Å². The molecule has 1 saturated carbocycles. The van der Waals surface area contributed by atoms with Gasteiger partial charge in [0.2, 0.25) is 0 Å². The number of nitrogens with zero attached hydrogens (tertiary/aromatic N) is 1. The topological polar surface area (TPSA) is 24.8 Å². The van der Waals surface area contributed by atoms with E-state index in [0.29, 0.717) is 5.92 Å². The minimum atomic E-state index is -0.361. The van der Waals surface area contributed by atoms with Crippen LogP contribution in [-0.2, 0) is 9.57 Å². The van der Waals surface area contributed by atoms with Crippen LogP contribution in [-0.4, -0.2) is 23.5 Å². The van der Waals surface area contributed by atoms with Gasteiger partial charge in [0.05, 0.1) is 6.04 Å². The lowest BCUT2D eigenvalue weighted by Crippen LogP contribution is -2.53. The summed E-state index contributed by atoms with van der Waals surface area (Å²) in [6.45, 7) is 9.26. The van der Waals surface area contributed by atoms with E-state index in [0.717, 1.165) is 19.3 Å². The summed E-state index contributed by atoms with van der Waals surface area (Å²) in [5.41, 5.74) is 2.09. The van der Waals surface area contributed by atoms with Crippen molar-refractivity contribution in [2.24, 2.45) is 11.3 Å². The Morgan fingerprint density at radius 2 is 1.54 bits per heavy atom. The molecule has 0 aromatic heterocycles. The highest BCUT2D eigenvalue weighted by Gasteiger charge is 2.71. The van der Waals surface area contributed by atoms with Gasteiger partial charge in [0.1, 0.15) is 5.60 Å². The van der Waals surface area contributed by atoms with E-state index >= 15 is 0 Å². The van der Waals surface area contributed by atoms with Gasteiger partial charge in [-0.3, -0.25) is 4.84 Å². The second kappa shape index (κ2) is 6.98. The third kappa shape index (κ3) is 3.20. The fraction of sp³-hybridized carbons (Fsp3) is 0.520. The summed E-state index contributed by atoms with van der Waals surface area (Å²) in [7, 11) is 1.84. The molecule has 4 atom stereocenters. The molecule has 0 amide bonds. The molecule has 3 nitrogen and oxygen atoms in total. The van der Waals surface area contributed by atoms with Crippen molar-refractivity contribution < 1.29 is 9.57 Å². The predicted molar refractivity (Wildman–Crippen MR) is 113 cm³/mol. The fourth-order valence-electron chi connectivity index (χ4n) is 4.97. The van der Waals surface area contributed by atoms with Gasteiger partial charge in [-0.2, -0.15) is 0 Å². The third-order valence-corrected chi connectivity index (χ3v) is 7.01. The normalized spacial score (nSPS) is 32.6. The van der Waals surface area contributed by atoms with Crippen molar-refractivity contribution in [1.82, 2.24) is 5.06 Å². The molecule has 2 fully saturated rings. The van der Waals surface area contributed by atoms with Gasteiger partial charge in [-0.25, -0.2) is 0 Å². The van der Waals surface area contributed by atoms with Crippen molar-refractivity contribution in [3.8, 4) is 0 Å². The van der Waals surface area contributed by atoms with E-state index in [9.17, 15) is 0 Å². The van der Waals surface area contributed by atoms with Gasteiger partial charge in [-0.15, -0.1) is 5.06 Å². The molecule has 2 aromatic carbocycles. The van der Waals surface area contributed by atoms with Crippen LogP contribution in [0.3, 0.4) is 0 Å². The first-order valence-electron chi connectivity index (χ1n) is 10.4. The van der Waals surface area contributed by atoms with E-state index in [1.165, 1.54) is 11.1 Å². The molecule has 1 saturated heterocycles. The number of rotatable bonds is 4. The minimum Gasteiger partial charge on any atom is -0.374 e. The lowest BCUT2D eigenvalue weighted by molar-refractivity contribution is -0.113.